The van der Waals surface area contributed by atoms with Crippen LogP contribution in [0.3, 0.4) is 0 Å². The summed E-state index contributed by atoms with van der Waals surface area (Å²) in [4.78, 5) is 21.1. The minimum Gasteiger partial charge on any atom is -0.388 e. The van der Waals surface area contributed by atoms with E-state index in [9.17, 15) is 4.79 Å². The lowest BCUT2D eigenvalue weighted by molar-refractivity contribution is -0.133. The molecule has 0 bridgehead atoms. The standard InChI is InChI=1S/C17H26N4O2/c1-13-9-14(18-2)10-15(19-13)16-11-20(7-8-23-16)12-17(22)21-5-3-4-6-21/h9-10,16H,3-8,11-12H2,1-2H3,(H,18,19). The molecule has 2 saturated heterocycles. The molecule has 1 aromatic rings. The van der Waals surface area contributed by atoms with Crippen molar-refractivity contribution in [2.75, 3.05) is 51.7 Å². The van der Waals surface area contributed by atoms with Crippen LogP contribution < -0.4 is 5.32 Å². The van der Waals surface area contributed by atoms with Gasteiger partial charge in [0.2, 0.25) is 5.91 Å². The van der Waals surface area contributed by atoms with E-state index in [4.69, 9.17) is 4.74 Å². The number of amides is 1. The van der Waals surface area contributed by atoms with E-state index in [1.807, 2.05) is 31.0 Å². The van der Waals surface area contributed by atoms with Crippen molar-refractivity contribution in [3.63, 3.8) is 0 Å². The molecule has 1 aromatic heterocycles. The SMILES string of the molecule is CNc1cc(C)nc(C2CN(CC(=O)N3CCCC3)CCO2)c1. The molecule has 0 spiro atoms. The first-order valence-corrected chi connectivity index (χ1v) is 8.44. The number of carbonyl (C=O) groups excluding carboxylic acids is 1. The van der Waals surface area contributed by atoms with E-state index in [0.29, 0.717) is 13.2 Å². The summed E-state index contributed by atoms with van der Waals surface area (Å²) in [6.07, 6.45) is 2.21. The van der Waals surface area contributed by atoms with Crippen molar-refractivity contribution in [2.24, 2.45) is 0 Å². The molecule has 3 heterocycles. The molecule has 2 aliphatic rings. The number of ether oxygens (including phenoxy) is 1. The molecule has 0 radical (unpaired) electrons. The Morgan fingerprint density at radius 1 is 1.35 bits per heavy atom. The fourth-order valence-corrected chi connectivity index (χ4v) is 3.29. The molecule has 1 amide bonds. The first kappa shape index (κ1) is 16.2. The lowest BCUT2D eigenvalue weighted by Gasteiger charge is -2.33. The van der Waals surface area contributed by atoms with Gasteiger partial charge in [0.05, 0.1) is 18.8 Å². The second kappa shape index (κ2) is 7.27. The second-order valence-electron chi connectivity index (χ2n) is 6.35. The summed E-state index contributed by atoms with van der Waals surface area (Å²) < 4.78 is 5.90. The second-order valence-corrected chi connectivity index (χ2v) is 6.35. The average molecular weight is 318 g/mol. The summed E-state index contributed by atoms with van der Waals surface area (Å²) in [5.41, 5.74) is 2.95. The van der Waals surface area contributed by atoms with E-state index >= 15 is 0 Å². The zero-order valence-corrected chi connectivity index (χ0v) is 14.0. The van der Waals surface area contributed by atoms with Crippen LogP contribution in [-0.2, 0) is 9.53 Å². The third kappa shape index (κ3) is 4.00. The maximum atomic E-state index is 12.3. The van der Waals surface area contributed by atoms with Crippen molar-refractivity contribution >= 4 is 11.6 Å². The van der Waals surface area contributed by atoms with Crippen LogP contribution in [0.1, 0.15) is 30.3 Å². The van der Waals surface area contributed by atoms with Gasteiger partial charge in [-0.2, -0.15) is 0 Å². The Balaban J connectivity index is 1.63. The largest absolute Gasteiger partial charge is 0.388 e. The number of pyridine rings is 1. The lowest BCUT2D eigenvalue weighted by Crippen LogP contribution is -2.45. The quantitative estimate of drug-likeness (QED) is 0.910. The van der Waals surface area contributed by atoms with Crippen LogP contribution in [0.4, 0.5) is 5.69 Å². The van der Waals surface area contributed by atoms with Gasteiger partial charge in [0, 0.05) is 44.6 Å². The first-order valence-electron chi connectivity index (χ1n) is 8.44. The summed E-state index contributed by atoms with van der Waals surface area (Å²) in [7, 11) is 1.90. The molecular weight excluding hydrogens is 292 g/mol. The Kier molecular flexibility index (Phi) is 5.13. The Hall–Kier alpha value is -1.66. The van der Waals surface area contributed by atoms with E-state index < -0.39 is 0 Å². The van der Waals surface area contributed by atoms with E-state index in [2.05, 4.69) is 15.2 Å². The number of aryl methyl sites for hydroxylation is 1. The summed E-state index contributed by atoms with van der Waals surface area (Å²) in [5, 5.41) is 3.16. The van der Waals surface area contributed by atoms with Gasteiger partial charge in [-0.1, -0.05) is 0 Å². The summed E-state index contributed by atoms with van der Waals surface area (Å²) in [6.45, 7) is 6.48. The Labute approximate surface area is 137 Å². The minimum atomic E-state index is -0.0675. The Bertz CT molecular complexity index is 558. The maximum Gasteiger partial charge on any atom is 0.236 e. The number of hydrogen-bond donors (Lipinski definition) is 1. The number of morpholine rings is 1. The van der Waals surface area contributed by atoms with Gasteiger partial charge in [-0.25, -0.2) is 0 Å². The van der Waals surface area contributed by atoms with Gasteiger partial charge in [0.15, 0.2) is 0 Å². The van der Waals surface area contributed by atoms with E-state index in [0.717, 1.165) is 56.1 Å². The number of aromatic nitrogens is 1. The van der Waals surface area contributed by atoms with E-state index in [-0.39, 0.29) is 12.0 Å². The molecule has 0 aliphatic carbocycles. The number of anilines is 1. The molecule has 0 saturated carbocycles. The summed E-state index contributed by atoms with van der Waals surface area (Å²) >= 11 is 0. The van der Waals surface area contributed by atoms with Crippen LogP contribution in [0.5, 0.6) is 0 Å². The van der Waals surface area contributed by atoms with Crippen LogP contribution in [0.2, 0.25) is 0 Å². The minimum absolute atomic E-state index is 0.0675. The van der Waals surface area contributed by atoms with E-state index in [1.165, 1.54) is 0 Å². The Morgan fingerprint density at radius 2 is 2.13 bits per heavy atom. The summed E-state index contributed by atoms with van der Waals surface area (Å²) in [5.74, 6) is 0.247. The van der Waals surface area contributed by atoms with Crippen molar-refractivity contribution in [3.05, 3.63) is 23.5 Å². The predicted molar refractivity (Wildman–Crippen MR) is 89.5 cm³/mol. The van der Waals surface area contributed by atoms with Crippen LogP contribution in [0, 0.1) is 6.92 Å². The highest BCUT2D eigenvalue weighted by atomic mass is 16.5. The predicted octanol–water partition coefficient (Wildman–Crippen LogP) is 1.43. The molecule has 126 valence electrons. The highest BCUT2D eigenvalue weighted by Gasteiger charge is 2.27. The number of likely N-dealkylation sites (tertiary alicyclic amines) is 1. The van der Waals surface area contributed by atoms with Crippen molar-refractivity contribution in [3.8, 4) is 0 Å². The molecule has 2 aliphatic heterocycles. The highest BCUT2D eigenvalue weighted by Crippen LogP contribution is 2.24. The molecule has 6 nitrogen and oxygen atoms in total. The number of hydrogen-bond acceptors (Lipinski definition) is 5. The van der Waals surface area contributed by atoms with Gasteiger partial charge in [-0.15, -0.1) is 0 Å². The van der Waals surface area contributed by atoms with Gasteiger partial charge >= 0.3 is 0 Å². The topological polar surface area (TPSA) is 57.7 Å². The molecule has 1 N–H and O–H groups in total. The van der Waals surface area contributed by atoms with Gasteiger partial charge in [-0.05, 0) is 31.9 Å². The zero-order valence-electron chi connectivity index (χ0n) is 14.0. The molecule has 1 atom stereocenters. The smallest absolute Gasteiger partial charge is 0.236 e. The highest BCUT2D eigenvalue weighted by molar-refractivity contribution is 5.78. The Morgan fingerprint density at radius 3 is 2.87 bits per heavy atom. The van der Waals surface area contributed by atoms with Crippen LogP contribution in [-0.4, -0.2) is 67.1 Å². The van der Waals surface area contributed by atoms with Crippen molar-refractivity contribution in [1.29, 1.82) is 0 Å². The number of rotatable bonds is 4. The fraction of sp³-hybridized carbons (Fsp3) is 0.647. The summed E-state index contributed by atoms with van der Waals surface area (Å²) in [6, 6.07) is 4.05. The van der Waals surface area contributed by atoms with Gasteiger partial charge < -0.3 is 15.0 Å². The first-order chi connectivity index (χ1) is 11.2. The van der Waals surface area contributed by atoms with Crippen LogP contribution in [0.25, 0.3) is 0 Å². The molecular formula is C17H26N4O2. The molecule has 0 aromatic carbocycles. The molecule has 1 unspecified atom stereocenters. The van der Waals surface area contributed by atoms with E-state index in [1.54, 1.807) is 0 Å². The van der Waals surface area contributed by atoms with Gasteiger partial charge in [0.1, 0.15) is 6.10 Å². The third-order valence-corrected chi connectivity index (χ3v) is 4.56. The maximum absolute atomic E-state index is 12.3. The average Bonchev–Trinajstić information content (AvgIpc) is 3.09. The lowest BCUT2D eigenvalue weighted by atomic mass is 10.1. The fourth-order valence-electron chi connectivity index (χ4n) is 3.29. The van der Waals surface area contributed by atoms with Crippen molar-refractivity contribution < 1.29 is 9.53 Å². The number of carbonyl (C=O) groups is 1. The van der Waals surface area contributed by atoms with Crippen molar-refractivity contribution in [1.82, 2.24) is 14.8 Å². The van der Waals surface area contributed by atoms with Crippen LogP contribution in [0.15, 0.2) is 12.1 Å². The zero-order chi connectivity index (χ0) is 16.2. The molecule has 23 heavy (non-hydrogen) atoms. The normalized spacial score (nSPS) is 22.3. The molecule has 2 fully saturated rings. The number of nitrogens with zero attached hydrogens (tertiary/aromatic N) is 3. The van der Waals surface area contributed by atoms with Gasteiger partial charge in [-0.3, -0.25) is 14.7 Å². The van der Waals surface area contributed by atoms with Gasteiger partial charge in [0.25, 0.3) is 0 Å². The number of nitrogens with one attached hydrogen (secondary N) is 1. The monoisotopic (exact) mass is 318 g/mol. The molecule has 6 heteroatoms. The molecule has 3 rings (SSSR count). The van der Waals surface area contributed by atoms with Crippen molar-refractivity contribution in [2.45, 2.75) is 25.9 Å². The third-order valence-electron chi connectivity index (χ3n) is 4.56. The van der Waals surface area contributed by atoms with Crippen LogP contribution >= 0.6 is 0 Å².